The number of hydrogen-bond donors (Lipinski definition) is 0. The Morgan fingerprint density at radius 3 is 2.38 bits per heavy atom. The van der Waals surface area contributed by atoms with E-state index in [0.717, 1.165) is 32.0 Å². The molecule has 2 aromatic rings. The molecule has 1 aromatic carbocycles. The highest BCUT2D eigenvalue weighted by Gasteiger charge is 2.21. The van der Waals surface area contributed by atoms with E-state index >= 15 is 0 Å². The first-order chi connectivity index (χ1) is 10.3. The molecule has 1 aliphatic heterocycles. The Bertz CT molecular complexity index is 600. The molecule has 5 nitrogen and oxygen atoms in total. The second kappa shape index (κ2) is 6.18. The van der Waals surface area contributed by atoms with Gasteiger partial charge in [0.1, 0.15) is 5.02 Å². The highest BCUT2D eigenvalue weighted by Crippen LogP contribution is 2.26. The van der Waals surface area contributed by atoms with Gasteiger partial charge in [0.05, 0.1) is 13.3 Å². The summed E-state index contributed by atoms with van der Waals surface area (Å²) in [6.07, 6.45) is 1.59. The van der Waals surface area contributed by atoms with E-state index in [-0.39, 0.29) is 0 Å². The maximum Gasteiger partial charge on any atom is 0.318 e. The number of nitrogens with zero attached hydrogens (tertiary/aromatic N) is 4. The van der Waals surface area contributed by atoms with Crippen LogP contribution in [0.25, 0.3) is 0 Å². The van der Waals surface area contributed by atoms with Crippen LogP contribution in [-0.2, 0) is 0 Å². The molecule has 0 N–H and O–H groups in total. The van der Waals surface area contributed by atoms with Gasteiger partial charge < -0.3 is 14.5 Å². The molecule has 0 unspecified atom stereocenters. The van der Waals surface area contributed by atoms with Crippen molar-refractivity contribution in [2.75, 3.05) is 43.1 Å². The van der Waals surface area contributed by atoms with Crippen LogP contribution in [0.15, 0.2) is 36.5 Å². The number of piperazine rings is 1. The van der Waals surface area contributed by atoms with Crippen LogP contribution in [0.1, 0.15) is 0 Å². The molecule has 0 atom stereocenters. The first-order valence-electron chi connectivity index (χ1n) is 6.89. The summed E-state index contributed by atoms with van der Waals surface area (Å²) < 4.78 is 5.07. The zero-order chi connectivity index (χ0) is 14.7. The Hall–Kier alpha value is -2.01. The van der Waals surface area contributed by atoms with E-state index < -0.39 is 0 Å². The number of aromatic nitrogens is 2. The molecule has 2 heterocycles. The van der Waals surface area contributed by atoms with E-state index in [0.29, 0.717) is 11.0 Å². The zero-order valence-corrected chi connectivity index (χ0v) is 12.6. The SMILES string of the molecule is COc1ncc(Cl)c(N2CCN(c3ccccc3)CC2)n1. The summed E-state index contributed by atoms with van der Waals surface area (Å²) in [4.78, 5) is 12.9. The van der Waals surface area contributed by atoms with Crippen molar-refractivity contribution in [3.8, 4) is 6.01 Å². The minimum atomic E-state index is 0.347. The van der Waals surface area contributed by atoms with Gasteiger partial charge in [-0.2, -0.15) is 4.98 Å². The molecule has 0 bridgehead atoms. The first-order valence-corrected chi connectivity index (χ1v) is 7.27. The lowest BCUT2D eigenvalue weighted by Gasteiger charge is -2.36. The zero-order valence-electron chi connectivity index (χ0n) is 11.9. The third-order valence-corrected chi connectivity index (χ3v) is 3.85. The van der Waals surface area contributed by atoms with Crippen molar-refractivity contribution < 1.29 is 4.74 Å². The van der Waals surface area contributed by atoms with Crippen molar-refractivity contribution in [2.45, 2.75) is 0 Å². The quantitative estimate of drug-likeness (QED) is 0.871. The smallest absolute Gasteiger partial charge is 0.318 e. The van der Waals surface area contributed by atoms with Crippen LogP contribution in [-0.4, -0.2) is 43.3 Å². The van der Waals surface area contributed by atoms with Crippen LogP contribution in [0, 0.1) is 0 Å². The Labute approximate surface area is 129 Å². The lowest BCUT2D eigenvalue weighted by Crippen LogP contribution is -2.47. The number of ether oxygens (including phenoxy) is 1. The maximum absolute atomic E-state index is 6.20. The standard InChI is InChI=1S/C15H17ClN4O/c1-21-15-17-11-13(16)14(18-15)20-9-7-19(8-10-20)12-5-3-2-4-6-12/h2-6,11H,7-10H2,1H3. The van der Waals surface area contributed by atoms with Crippen molar-refractivity contribution in [3.05, 3.63) is 41.6 Å². The van der Waals surface area contributed by atoms with Gasteiger partial charge in [-0.15, -0.1) is 0 Å². The Balaban J connectivity index is 1.71. The minimum absolute atomic E-state index is 0.347. The fourth-order valence-corrected chi connectivity index (χ4v) is 2.69. The summed E-state index contributed by atoms with van der Waals surface area (Å²) in [5, 5.41) is 0.559. The molecule has 0 spiro atoms. The summed E-state index contributed by atoms with van der Waals surface area (Å²) in [6.45, 7) is 3.61. The molecule has 0 amide bonds. The largest absolute Gasteiger partial charge is 0.467 e. The molecule has 1 fully saturated rings. The molecule has 3 rings (SSSR count). The van der Waals surface area contributed by atoms with Gasteiger partial charge in [0.15, 0.2) is 5.82 Å². The molecule has 0 radical (unpaired) electrons. The van der Waals surface area contributed by atoms with Crippen LogP contribution in [0.5, 0.6) is 6.01 Å². The Kier molecular flexibility index (Phi) is 4.10. The van der Waals surface area contributed by atoms with Gasteiger partial charge >= 0.3 is 6.01 Å². The number of para-hydroxylation sites is 1. The summed E-state index contributed by atoms with van der Waals surface area (Å²) in [7, 11) is 1.56. The number of rotatable bonds is 3. The summed E-state index contributed by atoms with van der Waals surface area (Å²) >= 11 is 6.20. The predicted octanol–water partition coefficient (Wildman–Crippen LogP) is 2.47. The molecule has 0 saturated carbocycles. The van der Waals surface area contributed by atoms with Crippen molar-refractivity contribution in [2.24, 2.45) is 0 Å². The molecular formula is C15H17ClN4O. The number of hydrogen-bond acceptors (Lipinski definition) is 5. The van der Waals surface area contributed by atoms with Crippen molar-refractivity contribution in [3.63, 3.8) is 0 Å². The summed E-state index contributed by atoms with van der Waals surface area (Å²) in [5.74, 6) is 0.747. The van der Waals surface area contributed by atoms with E-state index in [1.54, 1.807) is 13.3 Å². The molecule has 6 heteroatoms. The second-order valence-corrected chi connectivity index (χ2v) is 5.25. The van der Waals surface area contributed by atoms with Crippen LogP contribution in [0.3, 0.4) is 0 Å². The average molecular weight is 305 g/mol. The Morgan fingerprint density at radius 2 is 1.71 bits per heavy atom. The van der Waals surface area contributed by atoms with Crippen LogP contribution >= 0.6 is 11.6 Å². The number of benzene rings is 1. The first kappa shape index (κ1) is 13.9. The monoisotopic (exact) mass is 304 g/mol. The molecule has 110 valence electrons. The minimum Gasteiger partial charge on any atom is -0.467 e. The van der Waals surface area contributed by atoms with E-state index in [1.165, 1.54) is 5.69 Å². The van der Waals surface area contributed by atoms with E-state index in [4.69, 9.17) is 16.3 Å². The fraction of sp³-hybridized carbons (Fsp3) is 0.333. The third kappa shape index (κ3) is 3.03. The van der Waals surface area contributed by atoms with Gasteiger partial charge in [-0.3, -0.25) is 0 Å². The normalized spacial score (nSPS) is 15.1. The van der Waals surface area contributed by atoms with Crippen molar-refractivity contribution in [1.82, 2.24) is 9.97 Å². The lowest BCUT2D eigenvalue weighted by atomic mass is 10.2. The predicted molar refractivity (Wildman–Crippen MR) is 84.5 cm³/mol. The fourth-order valence-electron chi connectivity index (χ4n) is 2.48. The number of halogens is 1. The number of methoxy groups -OCH3 is 1. The molecule has 1 saturated heterocycles. The average Bonchev–Trinajstić information content (AvgIpc) is 2.56. The second-order valence-electron chi connectivity index (χ2n) is 4.84. The van der Waals surface area contributed by atoms with E-state index in [2.05, 4.69) is 44.0 Å². The topological polar surface area (TPSA) is 41.5 Å². The van der Waals surface area contributed by atoms with Gasteiger partial charge in [-0.05, 0) is 12.1 Å². The number of anilines is 2. The van der Waals surface area contributed by atoms with Gasteiger partial charge in [-0.1, -0.05) is 29.8 Å². The van der Waals surface area contributed by atoms with Gasteiger partial charge in [0, 0.05) is 31.9 Å². The highest BCUT2D eigenvalue weighted by molar-refractivity contribution is 6.32. The van der Waals surface area contributed by atoms with E-state index in [9.17, 15) is 0 Å². The summed E-state index contributed by atoms with van der Waals surface area (Å²) in [5.41, 5.74) is 1.25. The highest BCUT2D eigenvalue weighted by atomic mass is 35.5. The molecular weight excluding hydrogens is 288 g/mol. The third-order valence-electron chi connectivity index (χ3n) is 3.59. The summed E-state index contributed by atoms with van der Waals surface area (Å²) in [6, 6.07) is 10.8. The van der Waals surface area contributed by atoms with Gasteiger partial charge in [-0.25, -0.2) is 4.98 Å². The molecule has 0 aliphatic carbocycles. The van der Waals surface area contributed by atoms with Crippen LogP contribution in [0.4, 0.5) is 11.5 Å². The molecule has 1 aromatic heterocycles. The van der Waals surface area contributed by atoms with Crippen molar-refractivity contribution >= 4 is 23.1 Å². The maximum atomic E-state index is 6.20. The van der Waals surface area contributed by atoms with Crippen LogP contribution in [0.2, 0.25) is 5.02 Å². The van der Waals surface area contributed by atoms with E-state index in [1.807, 2.05) is 6.07 Å². The van der Waals surface area contributed by atoms with Crippen molar-refractivity contribution in [1.29, 1.82) is 0 Å². The molecule has 1 aliphatic rings. The van der Waals surface area contributed by atoms with Gasteiger partial charge in [0.2, 0.25) is 0 Å². The van der Waals surface area contributed by atoms with Gasteiger partial charge in [0.25, 0.3) is 0 Å². The van der Waals surface area contributed by atoms with Crippen LogP contribution < -0.4 is 14.5 Å². The lowest BCUT2D eigenvalue weighted by molar-refractivity contribution is 0.379. The molecule has 21 heavy (non-hydrogen) atoms. The Morgan fingerprint density at radius 1 is 1.05 bits per heavy atom.